The van der Waals surface area contributed by atoms with Gasteiger partial charge in [0.15, 0.2) is 0 Å². The largest absolute Gasteiger partial charge is 0.396 e. The first-order valence-electron chi connectivity index (χ1n) is 5.46. The Kier molecular flexibility index (Phi) is 4.55. The van der Waals surface area contributed by atoms with Gasteiger partial charge in [-0.15, -0.1) is 0 Å². The van der Waals surface area contributed by atoms with Gasteiger partial charge in [0.05, 0.1) is 0 Å². The number of aliphatic hydroxyl groups is 1. The molecule has 3 heteroatoms. The average Bonchev–Trinajstić information content (AvgIpc) is 2.18. The second-order valence-electron chi connectivity index (χ2n) is 4.50. The van der Waals surface area contributed by atoms with Crippen molar-refractivity contribution >= 4 is 5.78 Å². The Morgan fingerprint density at radius 1 is 1.50 bits per heavy atom. The van der Waals surface area contributed by atoms with Crippen molar-refractivity contribution in [3.63, 3.8) is 0 Å². The minimum atomic E-state index is 0.246. The fraction of sp³-hybridized carbons (Fsp3) is 0.909. The lowest BCUT2D eigenvalue weighted by molar-refractivity contribution is -0.121. The topological polar surface area (TPSA) is 40.5 Å². The summed E-state index contributed by atoms with van der Waals surface area (Å²) in [6, 6.07) is 0.543. The molecule has 82 valence electrons. The maximum Gasteiger partial charge on any atom is 0.133 e. The normalized spacial score (nSPS) is 21.6. The van der Waals surface area contributed by atoms with Crippen molar-refractivity contribution in [2.24, 2.45) is 5.92 Å². The molecule has 0 aromatic rings. The molecule has 1 fully saturated rings. The number of rotatable bonds is 4. The summed E-state index contributed by atoms with van der Waals surface area (Å²) < 4.78 is 0. The van der Waals surface area contributed by atoms with Gasteiger partial charge in [-0.1, -0.05) is 6.92 Å². The molecule has 1 rings (SSSR count). The Bertz CT molecular complexity index is 184. The maximum absolute atomic E-state index is 11.1. The van der Waals surface area contributed by atoms with Crippen molar-refractivity contribution in [1.29, 1.82) is 0 Å². The first kappa shape index (κ1) is 11.7. The van der Waals surface area contributed by atoms with E-state index in [9.17, 15) is 4.79 Å². The zero-order chi connectivity index (χ0) is 10.6. The molecule has 0 saturated heterocycles. The number of Topliss-reactive ketones (excluding diaryl/α,β-unsaturated/α-hetero) is 1. The predicted octanol–water partition coefficient (Wildman–Crippen LogP) is 1.06. The van der Waals surface area contributed by atoms with Gasteiger partial charge in [0, 0.05) is 32.0 Å². The van der Waals surface area contributed by atoms with Crippen LogP contribution in [0.25, 0.3) is 0 Å². The molecule has 1 aliphatic rings. The molecule has 0 radical (unpaired) electrons. The van der Waals surface area contributed by atoms with Crippen molar-refractivity contribution < 1.29 is 9.90 Å². The van der Waals surface area contributed by atoms with Crippen LogP contribution in [0, 0.1) is 5.92 Å². The molecule has 0 aromatic heterocycles. The number of hydrogen-bond donors (Lipinski definition) is 1. The third-order valence-electron chi connectivity index (χ3n) is 3.05. The first-order valence-corrected chi connectivity index (χ1v) is 5.46. The van der Waals surface area contributed by atoms with E-state index in [0.29, 0.717) is 17.7 Å². The Morgan fingerprint density at radius 3 is 2.57 bits per heavy atom. The zero-order valence-corrected chi connectivity index (χ0v) is 9.20. The highest BCUT2D eigenvalue weighted by molar-refractivity contribution is 5.79. The number of carbonyl (C=O) groups is 1. The van der Waals surface area contributed by atoms with E-state index in [1.54, 1.807) is 0 Å². The molecule has 3 nitrogen and oxygen atoms in total. The lowest BCUT2D eigenvalue weighted by Crippen LogP contribution is -2.38. The van der Waals surface area contributed by atoms with Crippen molar-refractivity contribution in [2.45, 2.75) is 38.6 Å². The van der Waals surface area contributed by atoms with E-state index < -0.39 is 0 Å². The van der Waals surface area contributed by atoms with E-state index >= 15 is 0 Å². The van der Waals surface area contributed by atoms with Crippen LogP contribution < -0.4 is 0 Å². The molecule has 1 atom stereocenters. The van der Waals surface area contributed by atoms with Gasteiger partial charge in [-0.05, 0) is 25.8 Å². The van der Waals surface area contributed by atoms with Crippen molar-refractivity contribution in [3.05, 3.63) is 0 Å². The minimum Gasteiger partial charge on any atom is -0.396 e. The smallest absolute Gasteiger partial charge is 0.133 e. The second kappa shape index (κ2) is 5.47. The number of ketones is 1. The molecule has 0 spiro atoms. The van der Waals surface area contributed by atoms with E-state index in [2.05, 4.69) is 11.9 Å². The van der Waals surface area contributed by atoms with Crippen molar-refractivity contribution in [1.82, 2.24) is 4.90 Å². The SMILES string of the molecule is CC(CO)CN(C)C1CCC(=O)CC1. The highest BCUT2D eigenvalue weighted by Gasteiger charge is 2.22. The Labute approximate surface area is 86.1 Å². The molecular weight excluding hydrogens is 178 g/mol. The Morgan fingerprint density at radius 2 is 2.07 bits per heavy atom. The van der Waals surface area contributed by atoms with Gasteiger partial charge in [-0.2, -0.15) is 0 Å². The average molecular weight is 199 g/mol. The summed E-state index contributed by atoms with van der Waals surface area (Å²) in [5.74, 6) is 0.738. The number of hydrogen-bond acceptors (Lipinski definition) is 3. The molecule has 0 heterocycles. The lowest BCUT2D eigenvalue weighted by Gasteiger charge is -2.32. The van der Waals surface area contributed by atoms with Crippen LogP contribution in [0.2, 0.25) is 0 Å². The molecule has 14 heavy (non-hydrogen) atoms. The van der Waals surface area contributed by atoms with Crippen LogP contribution in [0.3, 0.4) is 0 Å². The van der Waals surface area contributed by atoms with Crippen LogP contribution >= 0.6 is 0 Å². The highest BCUT2D eigenvalue weighted by Crippen LogP contribution is 2.19. The molecule has 0 amide bonds. The molecule has 0 aliphatic heterocycles. The quantitative estimate of drug-likeness (QED) is 0.736. The summed E-state index contributed by atoms with van der Waals surface area (Å²) in [6.45, 7) is 3.22. The second-order valence-corrected chi connectivity index (χ2v) is 4.50. The molecule has 1 unspecified atom stereocenters. The van der Waals surface area contributed by atoms with Gasteiger partial charge in [0.25, 0.3) is 0 Å². The van der Waals surface area contributed by atoms with Crippen LogP contribution in [0.4, 0.5) is 0 Å². The van der Waals surface area contributed by atoms with Crippen molar-refractivity contribution in [3.8, 4) is 0 Å². The maximum atomic E-state index is 11.1. The first-order chi connectivity index (χ1) is 6.63. The summed E-state index contributed by atoms with van der Waals surface area (Å²) in [5.41, 5.74) is 0. The zero-order valence-electron chi connectivity index (χ0n) is 9.20. The number of nitrogens with zero attached hydrogens (tertiary/aromatic N) is 1. The molecule has 1 N–H and O–H groups in total. The van der Waals surface area contributed by atoms with Gasteiger partial charge < -0.3 is 10.0 Å². The van der Waals surface area contributed by atoms with Gasteiger partial charge in [-0.25, -0.2) is 0 Å². The molecular formula is C11H21NO2. The number of carbonyl (C=O) groups excluding carboxylic acids is 1. The van der Waals surface area contributed by atoms with Gasteiger partial charge in [0.1, 0.15) is 5.78 Å². The van der Waals surface area contributed by atoms with Gasteiger partial charge >= 0.3 is 0 Å². The van der Waals surface area contributed by atoms with Gasteiger partial charge in [-0.3, -0.25) is 4.79 Å². The molecule has 0 aromatic carbocycles. The molecule has 0 bridgehead atoms. The molecule has 1 saturated carbocycles. The Balaban J connectivity index is 2.30. The van der Waals surface area contributed by atoms with E-state index in [4.69, 9.17) is 5.11 Å². The fourth-order valence-electron chi connectivity index (χ4n) is 2.06. The summed E-state index contributed by atoms with van der Waals surface area (Å²) in [5, 5.41) is 8.94. The van der Waals surface area contributed by atoms with E-state index in [1.807, 2.05) is 6.92 Å². The summed E-state index contributed by atoms with van der Waals surface area (Å²) in [7, 11) is 2.09. The highest BCUT2D eigenvalue weighted by atomic mass is 16.3. The van der Waals surface area contributed by atoms with E-state index in [1.165, 1.54) is 0 Å². The molecule has 1 aliphatic carbocycles. The lowest BCUT2D eigenvalue weighted by atomic mass is 9.93. The van der Waals surface area contributed by atoms with Crippen LogP contribution in [-0.2, 0) is 4.79 Å². The van der Waals surface area contributed by atoms with Crippen LogP contribution in [0.5, 0.6) is 0 Å². The Hall–Kier alpha value is -0.410. The van der Waals surface area contributed by atoms with Crippen LogP contribution in [-0.4, -0.2) is 42.0 Å². The summed E-state index contributed by atoms with van der Waals surface area (Å²) >= 11 is 0. The van der Waals surface area contributed by atoms with Crippen LogP contribution in [0.1, 0.15) is 32.6 Å². The minimum absolute atomic E-state index is 0.246. The predicted molar refractivity (Wildman–Crippen MR) is 56.1 cm³/mol. The third-order valence-corrected chi connectivity index (χ3v) is 3.05. The van der Waals surface area contributed by atoms with Crippen molar-refractivity contribution in [2.75, 3.05) is 20.2 Å². The van der Waals surface area contributed by atoms with E-state index in [0.717, 1.165) is 32.2 Å². The summed E-state index contributed by atoms with van der Waals surface area (Å²) in [4.78, 5) is 13.3. The summed E-state index contributed by atoms with van der Waals surface area (Å²) in [6.07, 6.45) is 3.46. The number of aliphatic hydroxyl groups excluding tert-OH is 1. The van der Waals surface area contributed by atoms with E-state index in [-0.39, 0.29) is 6.61 Å². The standard InChI is InChI=1S/C11H21NO2/c1-9(8-13)7-12(2)10-3-5-11(14)6-4-10/h9-10,13H,3-8H2,1-2H3. The third kappa shape index (κ3) is 3.39. The monoisotopic (exact) mass is 199 g/mol. The van der Waals surface area contributed by atoms with Gasteiger partial charge in [0.2, 0.25) is 0 Å². The van der Waals surface area contributed by atoms with Crippen LogP contribution in [0.15, 0.2) is 0 Å². The fourth-order valence-corrected chi connectivity index (χ4v) is 2.06.